The largest absolute Gasteiger partial charge is 0.339 e. The van der Waals surface area contributed by atoms with Gasteiger partial charge in [0.15, 0.2) is 9.84 Å². The Kier molecular flexibility index (Phi) is 4.25. The summed E-state index contributed by atoms with van der Waals surface area (Å²) in [6.45, 7) is 3.22. The Balaban J connectivity index is 1.79. The van der Waals surface area contributed by atoms with Gasteiger partial charge in [0.2, 0.25) is 11.7 Å². The van der Waals surface area contributed by atoms with Crippen molar-refractivity contribution < 1.29 is 12.9 Å². The topological polar surface area (TPSA) is 76.3 Å². The molecule has 1 fully saturated rings. The normalized spacial score (nSPS) is 23.1. The summed E-state index contributed by atoms with van der Waals surface area (Å²) in [7, 11) is -1.07. The lowest BCUT2D eigenvalue weighted by Gasteiger charge is -2.33. The minimum Gasteiger partial charge on any atom is -0.339 e. The van der Waals surface area contributed by atoms with Crippen LogP contribution in [0.25, 0.3) is 11.4 Å². The highest BCUT2D eigenvalue weighted by Crippen LogP contribution is 2.31. The van der Waals surface area contributed by atoms with Gasteiger partial charge in [0.05, 0.1) is 4.90 Å². The highest BCUT2D eigenvalue weighted by molar-refractivity contribution is 7.90. The Bertz CT molecular complexity index is 783. The molecular weight excluding hydrogens is 314 g/mol. The number of rotatable bonds is 3. The van der Waals surface area contributed by atoms with E-state index in [-0.39, 0.29) is 10.8 Å². The molecule has 1 aliphatic rings. The first kappa shape index (κ1) is 16.1. The van der Waals surface area contributed by atoms with Gasteiger partial charge in [-0.2, -0.15) is 4.98 Å². The van der Waals surface area contributed by atoms with Crippen molar-refractivity contribution in [3.05, 3.63) is 30.2 Å². The van der Waals surface area contributed by atoms with E-state index in [9.17, 15) is 8.42 Å². The van der Waals surface area contributed by atoms with Gasteiger partial charge in [-0.15, -0.1) is 0 Å². The van der Waals surface area contributed by atoms with Gasteiger partial charge >= 0.3 is 0 Å². The van der Waals surface area contributed by atoms with Gasteiger partial charge in [-0.3, -0.25) is 0 Å². The van der Waals surface area contributed by atoms with E-state index in [2.05, 4.69) is 29.0 Å². The van der Waals surface area contributed by atoms with E-state index >= 15 is 0 Å². The Labute approximate surface area is 136 Å². The lowest BCUT2D eigenvalue weighted by Crippen LogP contribution is -2.36. The predicted octanol–water partition coefficient (Wildman–Crippen LogP) is 2.34. The molecule has 0 bridgehead atoms. The van der Waals surface area contributed by atoms with E-state index in [0.29, 0.717) is 17.8 Å². The molecule has 0 N–H and O–H groups in total. The maximum Gasteiger partial charge on any atom is 0.230 e. The number of aromatic nitrogens is 2. The predicted molar refractivity (Wildman–Crippen MR) is 86.9 cm³/mol. The second kappa shape index (κ2) is 6.05. The zero-order valence-corrected chi connectivity index (χ0v) is 14.4. The Morgan fingerprint density at radius 1 is 1.26 bits per heavy atom. The smallest absolute Gasteiger partial charge is 0.230 e. The summed E-state index contributed by atoms with van der Waals surface area (Å²) >= 11 is 0. The van der Waals surface area contributed by atoms with Crippen molar-refractivity contribution in [1.82, 2.24) is 15.0 Å². The summed E-state index contributed by atoms with van der Waals surface area (Å²) in [6.07, 6.45) is 3.20. The maximum atomic E-state index is 11.5. The van der Waals surface area contributed by atoms with Gasteiger partial charge in [-0.05, 0) is 57.6 Å². The third-order valence-corrected chi connectivity index (χ3v) is 5.67. The molecule has 124 valence electrons. The fraction of sp³-hybridized carbons (Fsp3) is 0.500. The zero-order chi connectivity index (χ0) is 16.6. The monoisotopic (exact) mass is 335 g/mol. The van der Waals surface area contributed by atoms with Crippen molar-refractivity contribution in [2.24, 2.45) is 0 Å². The lowest BCUT2D eigenvalue weighted by molar-refractivity contribution is 0.166. The Hall–Kier alpha value is -1.73. The van der Waals surface area contributed by atoms with Crippen LogP contribution >= 0.6 is 0 Å². The fourth-order valence-corrected chi connectivity index (χ4v) is 3.51. The minimum absolute atomic E-state index is 0.286. The highest BCUT2D eigenvalue weighted by atomic mass is 32.2. The molecule has 0 spiro atoms. The van der Waals surface area contributed by atoms with Crippen molar-refractivity contribution >= 4 is 9.84 Å². The van der Waals surface area contributed by atoms with Crippen LogP contribution in [0.15, 0.2) is 33.7 Å². The number of hydrogen-bond acceptors (Lipinski definition) is 6. The van der Waals surface area contributed by atoms with Crippen molar-refractivity contribution in [2.45, 2.75) is 36.6 Å². The number of nitrogens with zero attached hydrogens (tertiary/aromatic N) is 3. The number of benzene rings is 1. The van der Waals surface area contributed by atoms with Gasteiger partial charge in [-0.1, -0.05) is 5.16 Å². The molecule has 6 nitrogen and oxygen atoms in total. The van der Waals surface area contributed by atoms with E-state index < -0.39 is 9.84 Å². The standard InChI is InChI=1S/C16H21N3O3S/c1-11-10-13(8-9-19(11)2)16-17-15(18-22-16)12-4-6-14(7-5-12)23(3,20)21/h4-7,11,13H,8-10H2,1-3H3/t11-,13-/m0/s1. The van der Waals surface area contributed by atoms with Crippen LogP contribution in [0.4, 0.5) is 0 Å². The summed E-state index contributed by atoms with van der Waals surface area (Å²) in [6, 6.07) is 7.06. The van der Waals surface area contributed by atoms with Crippen LogP contribution < -0.4 is 0 Å². The summed E-state index contributed by atoms with van der Waals surface area (Å²) < 4.78 is 28.4. The first-order valence-corrected chi connectivity index (χ1v) is 9.58. The van der Waals surface area contributed by atoms with Crippen LogP contribution in [0, 0.1) is 0 Å². The maximum absolute atomic E-state index is 11.5. The SMILES string of the molecule is C[C@H]1C[C@@H](c2nc(-c3ccc(S(C)(=O)=O)cc3)no2)CCN1C. The van der Waals surface area contributed by atoms with Gasteiger partial charge < -0.3 is 9.42 Å². The first-order chi connectivity index (χ1) is 10.8. The summed E-state index contributed by atoms with van der Waals surface area (Å²) in [4.78, 5) is 7.13. The average Bonchev–Trinajstić information content (AvgIpc) is 2.99. The molecule has 1 aromatic heterocycles. The summed E-state index contributed by atoms with van der Waals surface area (Å²) in [5, 5.41) is 4.05. The third-order valence-electron chi connectivity index (χ3n) is 4.54. The minimum atomic E-state index is -3.19. The van der Waals surface area contributed by atoms with Crippen molar-refractivity contribution in [3.8, 4) is 11.4 Å². The molecule has 1 aromatic carbocycles. The molecule has 7 heteroatoms. The molecule has 0 saturated carbocycles. The Morgan fingerprint density at radius 3 is 2.57 bits per heavy atom. The van der Waals surface area contributed by atoms with E-state index in [4.69, 9.17) is 4.52 Å². The second-order valence-corrected chi connectivity index (χ2v) is 8.32. The highest BCUT2D eigenvalue weighted by Gasteiger charge is 2.28. The van der Waals surface area contributed by atoms with E-state index in [0.717, 1.165) is 24.9 Å². The molecule has 3 rings (SSSR count). The van der Waals surface area contributed by atoms with E-state index in [1.54, 1.807) is 24.3 Å². The molecule has 2 atom stereocenters. The van der Waals surface area contributed by atoms with Crippen molar-refractivity contribution in [1.29, 1.82) is 0 Å². The molecule has 1 saturated heterocycles. The first-order valence-electron chi connectivity index (χ1n) is 7.69. The van der Waals surface area contributed by atoms with E-state index in [1.165, 1.54) is 6.26 Å². The van der Waals surface area contributed by atoms with Crippen LogP contribution in [-0.4, -0.2) is 49.3 Å². The third kappa shape index (κ3) is 3.45. The van der Waals surface area contributed by atoms with Gasteiger partial charge in [0, 0.05) is 23.8 Å². The number of hydrogen-bond donors (Lipinski definition) is 0. The molecule has 23 heavy (non-hydrogen) atoms. The summed E-state index contributed by atoms with van der Waals surface area (Å²) in [5.74, 6) is 1.47. The van der Waals surface area contributed by atoms with Crippen LogP contribution in [0.3, 0.4) is 0 Å². The quantitative estimate of drug-likeness (QED) is 0.857. The summed E-state index contributed by atoms with van der Waals surface area (Å²) in [5.41, 5.74) is 0.758. The molecule has 0 amide bonds. The van der Waals surface area contributed by atoms with Crippen LogP contribution in [0.5, 0.6) is 0 Å². The fourth-order valence-electron chi connectivity index (χ4n) is 2.88. The molecule has 2 heterocycles. The van der Waals surface area contributed by atoms with Crippen molar-refractivity contribution in [3.63, 3.8) is 0 Å². The number of likely N-dealkylation sites (tertiary alicyclic amines) is 1. The van der Waals surface area contributed by atoms with E-state index in [1.807, 2.05) is 0 Å². The number of piperidine rings is 1. The lowest BCUT2D eigenvalue weighted by atomic mass is 9.92. The van der Waals surface area contributed by atoms with Crippen molar-refractivity contribution in [2.75, 3.05) is 19.8 Å². The zero-order valence-electron chi connectivity index (χ0n) is 13.6. The molecule has 0 radical (unpaired) electrons. The number of sulfone groups is 1. The molecular formula is C16H21N3O3S. The molecule has 2 aromatic rings. The average molecular weight is 335 g/mol. The second-order valence-electron chi connectivity index (χ2n) is 6.30. The van der Waals surface area contributed by atoms with Gasteiger partial charge in [0.1, 0.15) is 0 Å². The van der Waals surface area contributed by atoms with Gasteiger partial charge in [-0.25, -0.2) is 8.42 Å². The Morgan fingerprint density at radius 2 is 1.96 bits per heavy atom. The van der Waals surface area contributed by atoms with Crippen LogP contribution in [0.2, 0.25) is 0 Å². The molecule has 0 aliphatic carbocycles. The van der Waals surface area contributed by atoms with Crippen LogP contribution in [-0.2, 0) is 9.84 Å². The molecule has 0 unspecified atom stereocenters. The van der Waals surface area contributed by atoms with Gasteiger partial charge in [0.25, 0.3) is 0 Å². The van der Waals surface area contributed by atoms with Crippen LogP contribution in [0.1, 0.15) is 31.6 Å². The molecule has 1 aliphatic heterocycles.